The van der Waals surface area contributed by atoms with Gasteiger partial charge in [-0.15, -0.1) is 0 Å². The first-order chi connectivity index (χ1) is 8.10. The van der Waals surface area contributed by atoms with Gasteiger partial charge in [0, 0.05) is 5.56 Å². The number of hydrogen-bond acceptors (Lipinski definition) is 5. The lowest BCUT2D eigenvalue weighted by Crippen LogP contribution is -2.30. The molecule has 1 rings (SSSR count). The van der Waals surface area contributed by atoms with Gasteiger partial charge in [0.1, 0.15) is 12.6 Å². The molecule has 0 aliphatic carbocycles. The predicted octanol–water partition coefficient (Wildman–Crippen LogP) is 1.39. The highest BCUT2D eigenvalue weighted by atomic mass is 16.6. The monoisotopic (exact) mass is 235 g/mol. The van der Waals surface area contributed by atoms with Crippen molar-refractivity contribution in [1.82, 2.24) is 5.32 Å². The van der Waals surface area contributed by atoms with E-state index in [4.69, 9.17) is 10.00 Å². The number of nitrogens with zero attached hydrogens (tertiary/aromatic N) is 2. The van der Waals surface area contributed by atoms with Crippen molar-refractivity contribution >= 4 is 5.69 Å². The molecule has 0 radical (unpaired) electrons. The van der Waals surface area contributed by atoms with Crippen molar-refractivity contribution in [3.05, 3.63) is 33.9 Å². The number of nitro groups is 1. The Labute approximate surface area is 99.0 Å². The van der Waals surface area contributed by atoms with Crippen LogP contribution in [0.15, 0.2) is 18.2 Å². The van der Waals surface area contributed by atoms with Crippen LogP contribution in [0.3, 0.4) is 0 Å². The van der Waals surface area contributed by atoms with Gasteiger partial charge in [0.15, 0.2) is 5.75 Å². The Morgan fingerprint density at radius 2 is 2.35 bits per heavy atom. The quantitative estimate of drug-likeness (QED) is 0.615. The molecule has 0 saturated heterocycles. The highest BCUT2D eigenvalue weighted by molar-refractivity contribution is 5.52. The van der Waals surface area contributed by atoms with E-state index in [0.29, 0.717) is 5.56 Å². The number of nitro benzene ring substituents is 1. The molecule has 1 aromatic rings. The Bertz CT molecular complexity index is 454. The lowest BCUT2D eigenvalue weighted by atomic mass is 10.2. The van der Waals surface area contributed by atoms with Gasteiger partial charge in [0.25, 0.3) is 0 Å². The molecule has 0 spiro atoms. The Balaban J connectivity index is 2.88. The molecule has 0 heterocycles. The molecule has 0 amide bonds. The summed E-state index contributed by atoms with van der Waals surface area (Å²) in [5.74, 6) is 0.186. The number of para-hydroxylation sites is 1. The van der Waals surface area contributed by atoms with Gasteiger partial charge in [0.2, 0.25) is 0 Å². The fraction of sp³-hybridized carbons (Fsp3) is 0.364. The van der Waals surface area contributed by atoms with E-state index in [0.717, 1.165) is 0 Å². The molecule has 0 bridgehead atoms. The van der Waals surface area contributed by atoms with E-state index in [9.17, 15) is 10.1 Å². The number of rotatable bonds is 5. The number of benzene rings is 1. The predicted molar refractivity (Wildman–Crippen MR) is 61.8 cm³/mol. The summed E-state index contributed by atoms with van der Waals surface area (Å²) in [6, 6.07) is 6.33. The summed E-state index contributed by atoms with van der Waals surface area (Å²) in [5, 5.41) is 22.3. The van der Waals surface area contributed by atoms with Gasteiger partial charge in [-0.1, -0.05) is 12.1 Å². The van der Waals surface area contributed by atoms with Gasteiger partial charge in [0.05, 0.1) is 11.0 Å². The minimum absolute atomic E-state index is 0.0553. The zero-order valence-corrected chi connectivity index (χ0v) is 9.64. The summed E-state index contributed by atoms with van der Waals surface area (Å²) in [6.45, 7) is 1.71. The summed E-state index contributed by atoms with van der Waals surface area (Å²) in [6.07, 6.45) is 0. The summed E-state index contributed by atoms with van der Waals surface area (Å²) in [4.78, 5) is 10.4. The second-order valence-corrected chi connectivity index (χ2v) is 3.46. The van der Waals surface area contributed by atoms with Crippen molar-refractivity contribution in [1.29, 1.82) is 5.26 Å². The third kappa shape index (κ3) is 3.16. The third-order valence-electron chi connectivity index (χ3n) is 2.29. The van der Waals surface area contributed by atoms with E-state index in [2.05, 4.69) is 5.32 Å². The summed E-state index contributed by atoms with van der Waals surface area (Å²) < 4.78 is 5.30. The second kappa shape index (κ2) is 5.82. The summed E-state index contributed by atoms with van der Waals surface area (Å²) in [5.41, 5.74) is 0.478. The van der Waals surface area contributed by atoms with E-state index < -0.39 is 11.0 Å². The maximum atomic E-state index is 10.9. The highest BCUT2D eigenvalue weighted by Crippen LogP contribution is 2.30. The molecule has 1 atom stereocenters. The van der Waals surface area contributed by atoms with Gasteiger partial charge in [-0.2, -0.15) is 5.26 Å². The second-order valence-electron chi connectivity index (χ2n) is 3.46. The van der Waals surface area contributed by atoms with Crippen molar-refractivity contribution < 1.29 is 9.66 Å². The van der Waals surface area contributed by atoms with Crippen molar-refractivity contribution in [2.24, 2.45) is 0 Å². The zero-order chi connectivity index (χ0) is 12.8. The Kier molecular flexibility index (Phi) is 4.43. The van der Waals surface area contributed by atoms with Crippen molar-refractivity contribution in [3.8, 4) is 11.8 Å². The summed E-state index contributed by atoms with van der Waals surface area (Å²) >= 11 is 0. The van der Waals surface area contributed by atoms with Crippen LogP contribution in [-0.4, -0.2) is 24.6 Å². The minimum atomic E-state index is -0.491. The topological polar surface area (TPSA) is 88.2 Å². The van der Waals surface area contributed by atoms with E-state index in [1.165, 1.54) is 6.07 Å². The molecule has 17 heavy (non-hydrogen) atoms. The number of aryl methyl sites for hydroxylation is 1. The number of likely N-dealkylation sites (N-methyl/N-ethyl adjacent to an activating group) is 1. The fourth-order valence-electron chi connectivity index (χ4n) is 1.34. The molecule has 1 aromatic carbocycles. The number of nitriles is 1. The van der Waals surface area contributed by atoms with Gasteiger partial charge in [-0.05, 0) is 20.0 Å². The van der Waals surface area contributed by atoms with Crippen molar-refractivity contribution in [2.45, 2.75) is 13.0 Å². The number of nitrogens with one attached hydrogen (secondary N) is 1. The Hall–Kier alpha value is -2.13. The SMILES string of the molecule is CNC(C#N)COc1cccc(C)c1[N+](=O)[O-]. The van der Waals surface area contributed by atoms with Crippen LogP contribution in [0.2, 0.25) is 0 Å². The van der Waals surface area contributed by atoms with Crippen molar-refractivity contribution in [3.63, 3.8) is 0 Å². The lowest BCUT2D eigenvalue weighted by Gasteiger charge is -2.10. The first-order valence-electron chi connectivity index (χ1n) is 5.03. The normalized spacial score (nSPS) is 11.6. The molecule has 0 aliphatic rings. The van der Waals surface area contributed by atoms with E-state index >= 15 is 0 Å². The molecule has 0 saturated carbocycles. The van der Waals surface area contributed by atoms with Crippen LogP contribution in [0.1, 0.15) is 5.56 Å². The fourth-order valence-corrected chi connectivity index (χ4v) is 1.34. The minimum Gasteiger partial charge on any atom is -0.484 e. The zero-order valence-electron chi connectivity index (χ0n) is 9.64. The van der Waals surface area contributed by atoms with Crippen molar-refractivity contribution in [2.75, 3.05) is 13.7 Å². The first kappa shape index (κ1) is 12.9. The van der Waals surface area contributed by atoms with Gasteiger partial charge in [-0.25, -0.2) is 0 Å². The van der Waals surface area contributed by atoms with Gasteiger partial charge < -0.3 is 10.1 Å². The standard InChI is InChI=1S/C11H13N3O3/c1-8-4-3-5-10(11(8)14(15)16)17-7-9(6-12)13-2/h3-5,9,13H,7H2,1-2H3. The Morgan fingerprint density at radius 1 is 1.65 bits per heavy atom. The highest BCUT2D eigenvalue weighted by Gasteiger charge is 2.18. The average Bonchev–Trinajstić information content (AvgIpc) is 2.29. The van der Waals surface area contributed by atoms with E-state index in [1.807, 2.05) is 6.07 Å². The first-order valence-corrected chi connectivity index (χ1v) is 5.03. The van der Waals surface area contributed by atoms with Crippen LogP contribution in [0.5, 0.6) is 5.75 Å². The maximum absolute atomic E-state index is 10.9. The number of ether oxygens (including phenoxy) is 1. The smallest absolute Gasteiger partial charge is 0.313 e. The molecule has 0 fully saturated rings. The molecular weight excluding hydrogens is 222 g/mol. The third-order valence-corrected chi connectivity index (χ3v) is 2.29. The van der Waals surface area contributed by atoms with E-state index in [-0.39, 0.29) is 18.0 Å². The maximum Gasteiger partial charge on any atom is 0.313 e. The average molecular weight is 235 g/mol. The molecule has 1 N–H and O–H groups in total. The molecule has 0 aromatic heterocycles. The van der Waals surface area contributed by atoms with Crippen LogP contribution in [0, 0.1) is 28.4 Å². The molecule has 6 heteroatoms. The van der Waals surface area contributed by atoms with Gasteiger partial charge in [-0.3, -0.25) is 10.1 Å². The molecule has 90 valence electrons. The number of hydrogen-bond donors (Lipinski definition) is 1. The van der Waals surface area contributed by atoms with Crippen LogP contribution in [-0.2, 0) is 0 Å². The molecular formula is C11H13N3O3. The van der Waals surface area contributed by atoms with Crippen LogP contribution >= 0.6 is 0 Å². The van der Waals surface area contributed by atoms with Crippen LogP contribution < -0.4 is 10.1 Å². The Morgan fingerprint density at radius 3 is 2.88 bits per heavy atom. The van der Waals surface area contributed by atoms with Gasteiger partial charge >= 0.3 is 5.69 Å². The van der Waals surface area contributed by atoms with Crippen LogP contribution in [0.4, 0.5) is 5.69 Å². The molecule has 6 nitrogen and oxygen atoms in total. The molecule has 1 unspecified atom stereocenters. The molecule has 0 aliphatic heterocycles. The summed E-state index contributed by atoms with van der Waals surface area (Å²) in [7, 11) is 1.63. The largest absolute Gasteiger partial charge is 0.484 e. The lowest BCUT2D eigenvalue weighted by molar-refractivity contribution is -0.386. The van der Waals surface area contributed by atoms with Crippen LogP contribution in [0.25, 0.3) is 0 Å². The van der Waals surface area contributed by atoms with E-state index in [1.54, 1.807) is 26.1 Å².